The lowest BCUT2D eigenvalue weighted by atomic mass is 10.1. The standard InChI is InChI=1S/C13H17NOS2/c1-2-10-3-4-11(14-8-10)7-12(15)13-9-16-5-6-17-13/h3-4,8,13H,2,5-7,9H2,1H3. The average molecular weight is 267 g/mol. The number of thioether (sulfide) groups is 2. The Morgan fingerprint density at radius 1 is 1.47 bits per heavy atom. The van der Waals surface area contributed by atoms with Gasteiger partial charge in [0, 0.05) is 35.6 Å². The Hall–Kier alpha value is -0.480. The van der Waals surface area contributed by atoms with Gasteiger partial charge >= 0.3 is 0 Å². The van der Waals surface area contributed by atoms with Crippen LogP contribution in [0.3, 0.4) is 0 Å². The molecule has 92 valence electrons. The second kappa shape index (κ2) is 6.45. The van der Waals surface area contributed by atoms with Gasteiger partial charge in [0.25, 0.3) is 0 Å². The van der Waals surface area contributed by atoms with Crippen LogP contribution in [0.4, 0.5) is 0 Å². The molecule has 1 aromatic rings. The van der Waals surface area contributed by atoms with Crippen LogP contribution in [0, 0.1) is 0 Å². The van der Waals surface area contributed by atoms with Gasteiger partial charge < -0.3 is 0 Å². The second-order valence-electron chi connectivity index (χ2n) is 4.09. The topological polar surface area (TPSA) is 30.0 Å². The van der Waals surface area contributed by atoms with Crippen molar-refractivity contribution in [1.29, 1.82) is 0 Å². The van der Waals surface area contributed by atoms with E-state index in [0.717, 1.165) is 23.6 Å². The maximum Gasteiger partial charge on any atom is 0.152 e. The summed E-state index contributed by atoms with van der Waals surface area (Å²) in [6, 6.07) is 4.05. The predicted molar refractivity (Wildman–Crippen MR) is 75.9 cm³/mol. The van der Waals surface area contributed by atoms with Gasteiger partial charge in [-0.1, -0.05) is 13.0 Å². The molecule has 1 fully saturated rings. The van der Waals surface area contributed by atoms with Gasteiger partial charge in [-0.3, -0.25) is 9.78 Å². The minimum atomic E-state index is 0.182. The fourth-order valence-corrected chi connectivity index (χ4v) is 4.39. The highest BCUT2D eigenvalue weighted by Gasteiger charge is 2.22. The van der Waals surface area contributed by atoms with Crippen LogP contribution >= 0.6 is 23.5 Å². The van der Waals surface area contributed by atoms with Gasteiger partial charge in [-0.05, 0) is 18.1 Å². The quantitative estimate of drug-likeness (QED) is 0.839. The van der Waals surface area contributed by atoms with Gasteiger partial charge in [0.1, 0.15) is 0 Å². The maximum absolute atomic E-state index is 12.0. The number of carbonyl (C=O) groups is 1. The van der Waals surface area contributed by atoms with Crippen molar-refractivity contribution in [2.24, 2.45) is 0 Å². The normalized spacial score (nSPS) is 20.2. The molecule has 2 nitrogen and oxygen atoms in total. The monoisotopic (exact) mass is 267 g/mol. The largest absolute Gasteiger partial charge is 0.298 e. The number of aromatic nitrogens is 1. The van der Waals surface area contributed by atoms with E-state index >= 15 is 0 Å². The molecular formula is C13H17NOS2. The van der Waals surface area contributed by atoms with E-state index in [0.29, 0.717) is 12.2 Å². The minimum absolute atomic E-state index is 0.182. The summed E-state index contributed by atoms with van der Waals surface area (Å²) < 4.78 is 0. The maximum atomic E-state index is 12.0. The second-order valence-corrected chi connectivity index (χ2v) is 6.55. The summed E-state index contributed by atoms with van der Waals surface area (Å²) in [6.07, 6.45) is 3.37. The first-order valence-corrected chi connectivity index (χ1v) is 8.16. The molecule has 0 aliphatic carbocycles. The van der Waals surface area contributed by atoms with E-state index in [1.807, 2.05) is 24.0 Å². The van der Waals surface area contributed by atoms with Crippen molar-refractivity contribution in [3.8, 4) is 0 Å². The molecule has 0 bridgehead atoms. The first-order chi connectivity index (χ1) is 8.29. The van der Waals surface area contributed by atoms with Crippen LogP contribution in [0.5, 0.6) is 0 Å². The molecule has 1 aliphatic heterocycles. The lowest BCUT2D eigenvalue weighted by Gasteiger charge is -2.19. The number of hydrogen-bond donors (Lipinski definition) is 0. The zero-order valence-electron chi connectivity index (χ0n) is 10.0. The van der Waals surface area contributed by atoms with Gasteiger partial charge in [-0.2, -0.15) is 11.8 Å². The van der Waals surface area contributed by atoms with Crippen molar-refractivity contribution in [1.82, 2.24) is 4.98 Å². The number of ketones is 1. The van der Waals surface area contributed by atoms with E-state index in [2.05, 4.69) is 18.0 Å². The summed E-state index contributed by atoms with van der Waals surface area (Å²) in [5, 5.41) is 0.182. The lowest BCUT2D eigenvalue weighted by molar-refractivity contribution is -0.117. The first-order valence-electron chi connectivity index (χ1n) is 5.95. The molecule has 0 radical (unpaired) electrons. The Balaban J connectivity index is 1.92. The number of pyridine rings is 1. The van der Waals surface area contributed by atoms with Crippen molar-refractivity contribution in [3.05, 3.63) is 29.6 Å². The molecule has 0 aromatic carbocycles. The first kappa shape index (κ1) is 13.0. The molecule has 1 saturated heterocycles. The summed E-state index contributed by atoms with van der Waals surface area (Å²) in [5.74, 6) is 3.58. The predicted octanol–water partition coefficient (Wildman–Crippen LogP) is 2.60. The Morgan fingerprint density at radius 3 is 2.94 bits per heavy atom. The summed E-state index contributed by atoms with van der Waals surface area (Å²) >= 11 is 3.69. The van der Waals surface area contributed by atoms with Crippen LogP contribution in [0.15, 0.2) is 18.3 Å². The number of rotatable bonds is 4. The van der Waals surface area contributed by atoms with Crippen LogP contribution in [-0.2, 0) is 17.6 Å². The third-order valence-corrected chi connectivity index (χ3v) is 5.63. The van der Waals surface area contributed by atoms with Gasteiger partial charge in [-0.25, -0.2) is 0 Å². The number of aryl methyl sites for hydroxylation is 1. The van der Waals surface area contributed by atoms with E-state index in [1.54, 1.807) is 11.8 Å². The van der Waals surface area contributed by atoms with Crippen molar-refractivity contribution in [2.75, 3.05) is 17.3 Å². The number of nitrogens with zero attached hydrogens (tertiary/aromatic N) is 1. The number of hydrogen-bond acceptors (Lipinski definition) is 4. The molecule has 1 atom stereocenters. The Bertz CT molecular complexity index is 372. The summed E-state index contributed by atoms with van der Waals surface area (Å²) in [4.78, 5) is 16.4. The van der Waals surface area contributed by atoms with Crippen molar-refractivity contribution < 1.29 is 4.79 Å². The van der Waals surface area contributed by atoms with E-state index in [9.17, 15) is 4.79 Å². The zero-order chi connectivity index (χ0) is 12.1. The van der Waals surface area contributed by atoms with Crippen LogP contribution < -0.4 is 0 Å². The van der Waals surface area contributed by atoms with Crippen LogP contribution in [0.25, 0.3) is 0 Å². The van der Waals surface area contributed by atoms with Gasteiger partial charge in [0.2, 0.25) is 0 Å². The molecule has 4 heteroatoms. The minimum Gasteiger partial charge on any atom is -0.298 e. The van der Waals surface area contributed by atoms with E-state index in [4.69, 9.17) is 0 Å². The van der Waals surface area contributed by atoms with Gasteiger partial charge in [0.05, 0.1) is 5.25 Å². The molecule has 0 N–H and O–H groups in total. The number of carbonyl (C=O) groups excluding carboxylic acids is 1. The Kier molecular flexibility index (Phi) is 4.92. The summed E-state index contributed by atoms with van der Waals surface area (Å²) in [6.45, 7) is 2.11. The highest BCUT2D eigenvalue weighted by atomic mass is 32.2. The van der Waals surface area contributed by atoms with Crippen LogP contribution in [0.2, 0.25) is 0 Å². The fourth-order valence-electron chi connectivity index (χ4n) is 1.73. The van der Waals surface area contributed by atoms with Crippen LogP contribution in [0.1, 0.15) is 18.2 Å². The van der Waals surface area contributed by atoms with E-state index < -0.39 is 0 Å². The highest BCUT2D eigenvalue weighted by molar-refractivity contribution is 8.07. The SMILES string of the molecule is CCc1ccc(CC(=O)C2CSCCS2)nc1. The Morgan fingerprint density at radius 2 is 2.35 bits per heavy atom. The lowest BCUT2D eigenvalue weighted by Crippen LogP contribution is -2.26. The molecule has 0 saturated carbocycles. The van der Waals surface area contributed by atoms with Crippen molar-refractivity contribution in [3.63, 3.8) is 0 Å². The third-order valence-electron chi connectivity index (χ3n) is 2.82. The molecule has 2 heterocycles. The average Bonchev–Trinajstić information content (AvgIpc) is 2.40. The molecule has 1 aliphatic rings. The molecule has 0 spiro atoms. The molecule has 2 rings (SSSR count). The van der Waals surface area contributed by atoms with Gasteiger partial charge in [-0.15, -0.1) is 11.8 Å². The summed E-state index contributed by atoms with van der Waals surface area (Å²) in [7, 11) is 0. The molecule has 1 unspecified atom stereocenters. The molecular weight excluding hydrogens is 250 g/mol. The third kappa shape index (κ3) is 3.75. The smallest absolute Gasteiger partial charge is 0.152 e. The molecule has 17 heavy (non-hydrogen) atoms. The number of Topliss-reactive ketones (excluding diaryl/α,β-unsaturated/α-hetero) is 1. The molecule has 0 amide bonds. The van der Waals surface area contributed by atoms with Crippen LogP contribution in [-0.4, -0.2) is 33.3 Å². The highest BCUT2D eigenvalue weighted by Crippen LogP contribution is 2.25. The van der Waals surface area contributed by atoms with E-state index in [-0.39, 0.29) is 5.25 Å². The van der Waals surface area contributed by atoms with Gasteiger partial charge in [0.15, 0.2) is 5.78 Å². The summed E-state index contributed by atoms with van der Waals surface area (Å²) in [5.41, 5.74) is 2.13. The molecule has 1 aromatic heterocycles. The van der Waals surface area contributed by atoms with Crippen molar-refractivity contribution >= 4 is 29.3 Å². The van der Waals surface area contributed by atoms with Crippen molar-refractivity contribution in [2.45, 2.75) is 25.0 Å². The Labute approximate surface area is 111 Å². The fraction of sp³-hybridized carbons (Fsp3) is 0.538. The van der Waals surface area contributed by atoms with E-state index in [1.165, 1.54) is 11.3 Å². The zero-order valence-corrected chi connectivity index (χ0v) is 11.6.